The first-order valence-corrected chi connectivity index (χ1v) is 7.12. The summed E-state index contributed by atoms with van der Waals surface area (Å²) < 4.78 is 5.49. The van der Waals surface area contributed by atoms with Crippen LogP contribution in [0.15, 0.2) is 39.9 Å². The van der Waals surface area contributed by atoms with E-state index in [2.05, 4.69) is 28.8 Å². The third kappa shape index (κ3) is 4.16. The fraction of sp³-hybridized carbons (Fsp3) is 0.250. The zero-order valence-corrected chi connectivity index (χ0v) is 13.5. The monoisotopic (exact) mass is 301 g/mol. The average Bonchev–Trinajstić information content (AvgIpc) is 2.86. The highest BCUT2D eigenvalue weighted by molar-refractivity contribution is 7.80. The van der Waals surface area contributed by atoms with Gasteiger partial charge in [-0.25, -0.2) is 0 Å². The summed E-state index contributed by atoms with van der Waals surface area (Å²) in [6.45, 7) is 7.87. The minimum atomic E-state index is 0.449. The first-order valence-electron chi connectivity index (χ1n) is 6.71. The molecule has 1 aromatic carbocycles. The molecule has 5 heteroatoms. The molecule has 0 saturated carbocycles. The maximum Gasteiger partial charge on any atom is 0.191 e. The average molecular weight is 301 g/mol. The van der Waals surface area contributed by atoms with Crippen molar-refractivity contribution in [2.24, 2.45) is 5.10 Å². The molecule has 4 nitrogen and oxygen atoms in total. The summed E-state index contributed by atoms with van der Waals surface area (Å²) in [4.78, 5) is 0. The lowest BCUT2D eigenvalue weighted by Crippen LogP contribution is -2.25. The van der Waals surface area contributed by atoms with Gasteiger partial charge >= 0.3 is 0 Å². The van der Waals surface area contributed by atoms with Gasteiger partial charge in [-0.3, -0.25) is 5.43 Å². The maximum atomic E-state index is 5.49. The number of thiocarbonyl (C=S) groups is 1. The molecule has 0 aliphatic rings. The third-order valence-electron chi connectivity index (χ3n) is 3.05. The van der Waals surface area contributed by atoms with E-state index in [0.717, 1.165) is 28.5 Å². The fourth-order valence-corrected chi connectivity index (χ4v) is 2.08. The Morgan fingerprint density at radius 3 is 2.52 bits per heavy atom. The first kappa shape index (κ1) is 15.3. The highest BCUT2D eigenvalue weighted by atomic mass is 32.1. The lowest BCUT2D eigenvalue weighted by atomic mass is 10.1. The predicted molar refractivity (Wildman–Crippen MR) is 90.9 cm³/mol. The number of hydrogen-bond donors (Lipinski definition) is 2. The molecule has 0 fully saturated rings. The van der Waals surface area contributed by atoms with E-state index in [1.54, 1.807) is 0 Å². The Morgan fingerprint density at radius 2 is 1.90 bits per heavy atom. The number of hydrazone groups is 1. The van der Waals surface area contributed by atoms with Crippen LogP contribution >= 0.6 is 12.2 Å². The van der Waals surface area contributed by atoms with Crippen LogP contribution in [0.3, 0.4) is 0 Å². The van der Waals surface area contributed by atoms with Gasteiger partial charge in [0.2, 0.25) is 0 Å². The quantitative estimate of drug-likeness (QED) is 0.512. The van der Waals surface area contributed by atoms with Gasteiger partial charge in [0.25, 0.3) is 0 Å². The molecule has 2 N–H and O–H groups in total. The van der Waals surface area contributed by atoms with Crippen LogP contribution in [0.25, 0.3) is 0 Å². The summed E-state index contributed by atoms with van der Waals surface area (Å²) in [7, 11) is 0. The first-order chi connectivity index (χ1) is 9.95. The van der Waals surface area contributed by atoms with Gasteiger partial charge in [0, 0.05) is 5.69 Å². The number of hydrogen-bond acceptors (Lipinski definition) is 3. The summed E-state index contributed by atoms with van der Waals surface area (Å²) >= 11 is 5.24. The molecule has 2 rings (SSSR count). The molecular formula is C16H19N3OS. The standard InChI is InChI=1S/C16H19N3OS/c1-10-5-7-14(11(2)9-10)17-16(21)19-18-13(4)15-8-6-12(3)20-15/h5-9H,1-4H3,(H2,17,19,21)/b18-13+. The van der Waals surface area contributed by atoms with Crippen LogP contribution in [0.2, 0.25) is 0 Å². The minimum absolute atomic E-state index is 0.449. The van der Waals surface area contributed by atoms with Crippen LogP contribution in [0.1, 0.15) is 29.6 Å². The number of nitrogens with zero attached hydrogens (tertiary/aromatic N) is 1. The summed E-state index contributed by atoms with van der Waals surface area (Å²) in [6.07, 6.45) is 0. The summed E-state index contributed by atoms with van der Waals surface area (Å²) in [5.41, 5.74) is 6.91. The van der Waals surface area contributed by atoms with Crippen LogP contribution in [-0.2, 0) is 0 Å². The van der Waals surface area contributed by atoms with Crippen molar-refractivity contribution in [1.82, 2.24) is 5.43 Å². The van der Waals surface area contributed by atoms with Crippen LogP contribution < -0.4 is 10.7 Å². The molecule has 0 aliphatic heterocycles. The molecule has 21 heavy (non-hydrogen) atoms. The third-order valence-corrected chi connectivity index (χ3v) is 3.25. The largest absolute Gasteiger partial charge is 0.460 e. The minimum Gasteiger partial charge on any atom is -0.460 e. The fourth-order valence-electron chi connectivity index (χ4n) is 1.92. The molecule has 110 valence electrons. The molecule has 0 unspecified atom stereocenters. The lowest BCUT2D eigenvalue weighted by molar-refractivity contribution is 0.525. The molecule has 2 aromatic rings. The van der Waals surface area contributed by atoms with Crippen molar-refractivity contribution >= 4 is 28.7 Å². The van der Waals surface area contributed by atoms with E-state index < -0.39 is 0 Å². The zero-order chi connectivity index (χ0) is 15.4. The van der Waals surface area contributed by atoms with E-state index in [0.29, 0.717) is 5.11 Å². The summed E-state index contributed by atoms with van der Waals surface area (Å²) in [5.74, 6) is 1.59. The van der Waals surface area contributed by atoms with E-state index in [4.69, 9.17) is 16.6 Å². The second-order valence-corrected chi connectivity index (χ2v) is 5.40. The van der Waals surface area contributed by atoms with E-state index >= 15 is 0 Å². The number of anilines is 1. The molecule has 0 radical (unpaired) electrons. The van der Waals surface area contributed by atoms with Gasteiger partial charge in [-0.1, -0.05) is 17.7 Å². The summed E-state index contributed by atoms with van der Waals surface area (Å²) in [6, 6.07) is 9.94. The number of rotatable bonds is 3. The second kappa shape index (κ2) is 6.54. The highest BCUT2D eigenvalue weighted by Crippen LogP contribution is 2.15. The Hall–Kier alpha value is -2.14. The van der Waals surface area contributed by atoms with Crippen LogP contribution in [-0.4, -0.2) is 10.8 Å². The van der Waals surface area contributed by atoms with Crippen molar-refractivity contribution in [3.63, 3.8) is 0 Å². The lowest BCUT2D eigenvalue weighted by Gasteiger charge is -2.10. The molecule has 0 saturated heterocycles. The van der Waals surface area contributed by atoms with Gasteiger partial charge in [0.05, 0.1) is 0 Å². The molecule has 0 spiro atoms. The molecule has 1 aromatic heterocycles. The molecule has 1 heterocycles. The topological polar surface area (TPSA) is 49.6 Å². The Bertz CT molecular complexity index is 689. The molecule has 0 aliphatic carbocycles. The number of aryl methyl sites for hydroxylation is 3. The summed E-state index contributed by atoms with van der Waals surface area (Å²) in [5, 5.41) is 7.80. The Morgan fingerprint density at radius 1 is 1.14 bits per heavy atom. The Kier molecular flexibility index (Phi) is 4.75. The maximum absolute atomic E-state index is 5.49. The SMILES string of the molecule is C/C(=N\NC(=S)Nc1ccc(C)cc1C)c1ccc(C)o1. The number of benzene rings is 1. The van der Waals surface area contributed by atoms with E-state index in [1.807, 2.05) is 45.0 Å². The van der Waals surface area contributed by atoms with Gasteiger partial charge in [0.15, 0.2) is 5.11 Å². The Balaban J connectivity index is 1.98. The van der Waals surface area contributed by atoms with Crippen LogP contribution in [0.4, 0.5) is 5.69 Å². The molecule has 0 amide bonds. The van der Waals surface area contributed by atoms with E-state index in [-0.39, 0.29) is 0 Å². The van der Waals surface area contributed by atoms with Crippen LogP contribution in [0, 0.1) is 20.8 Å². The molecule has 0 atom stereocenters. The molecule has 0 bridgehead atoms. The van der Waals surface area contributed by atoms with Crippen molar-refractivity contribution in [2.45, 2.75) is 27.7 Å². The predicted octanol–water partition coefficient (Wildman–Crippen LogP) is 3.92. The van der Waals surface area contributed by atoms with Crippen molar-refractivity contribution in [3.8, 4) is 0 Å². The van der Waals surface area contributed by atoms with Gasteiger partial charge in [-0.05, 0) is 63.7 Å². The van der Waals surface area contributed by atoms with E-state index in [9.17, 15) is 0 Å². The van der Waals surface area contributed by atoms with Crippen LogP contribution in [0.5, 0.6) is 0 Å². The number of furan rings is 1. The van der Waals surface area contributed by atoms with Gasteiger partial charge < -0.3 is 9.73 Å². The van der Waals surface area contributed by atoms with Crippen molar-refractivity contribution in [3.05, 3.63) is 53.0 Å². The Labute approximate surface area is 130 Å². The highest BCUT2D eigenvalue weighted by Gasteiger charge is 2.04. The molecular weight excluding hydrogens is 282 g/mol. The van der Waals surface area contributed by atoms with Gasteiger partial charge in [0.1, 0.15) is 17.2 Å². The smallest absolute Gasteiger partial charge is 0.191 e. The van der Waals surface area contributed by atoms with Gasteiger partial charge in [-0.2, -0.15) is 5.10 Å². The van der Waals surface area contributed by atoms with Crippen molar-refractivity contribution < 1.29 is 4.42 Å². The number of nitrogens with one attached hydrogen (secondary N) is 2. The second-order valence-electron chi connectivity index (χ2n) is 4.99. The van der Waals surface area contributed by atoms with Crippen molar-refractivity contribution in [1.29, 1.82) is 0 Å². The van der Waals surface area contributed by atoms with Crippen molar-refractivity contribution in [2.75, 3.05) is 5.32 Å². The zero-order valence-electron chi connectivity index (χ0n) is 12.7. The normalized spacial score (nSPS) is 11.3. The van der Waals surface area contributed by atoms with E-state index in [1.165, 1.54) is 5.56 Å². The van der Waals surface area contributed by atoms with Gasteiger partial charge in [-0.15, -0.1) is 0 Å².